The molecule has 0 radical (unpaired) electrons. The van der Waals surface area contributed by atoms with Crippen LogP contribution in [0.5, 0.6) is 0 Å². The van der Waals surface area contributed by atoms with Gasteiger partial charge in [0.2, 0.25) is 0 Å². The minimum Gasteiger partial charge on any atom is -0.313 e. The van der Waals surface area contributed by atoms with Crippen molar-refractivity contribution in [2.45, 2.75) is 12.1 Å². The Balaban J connectivity index is 0.00000156. The number of fused-ring (bicyclic) bond motifs is 1. The fourth-order valence-corrected chi connectivity index (χ4v) is 4.32. The lowest BCUT2D eigenvalue weighted by Crippen LogP contribution is -2.27. The number of hydrogen-bond acceptors (Lipinski definition) is 3. The van der Waals surface area contributed by atoms with E-state index in [0.29, 0.717) is 5.88 Å². The zero-order valence-corrected chi connectivity index (χ0v) is 14.7. The van der Waals surface area contributed by atoms with E-state index in [2.05, 4.69) is 64.9 Å². The fraction of sp³-hybridized carbons (Fsp3) is 0.167. The number of hydrogen-bond donors (Lipinski definition) is 0. The van der Waals surface area contributed by atoms with E-state index < -0.39 is 0 Å². The van der Waals surface area contributed by atoms with Gasteiger partial charge in [-0.1, -0.05) is 72.4 Å². The Morgan fingerprint density at radius 1 is 0.957 bits per heavy atom. The molecule has 4 rings (SSSR count). The maximum atomic E-state index is 6.14. The Kier molecular flexibility index (Phi) is 5.00. The van der Waals surface area contributed by atoms with Gasteiger partial charge in [0, 0.05) is 5.70 Å². The summed E-state index contributed by atoms with van der Waals surface area (Å²) in [5, 5.41) is 3.17. The molecule has 0 amide bonds. The lowest BCUT2D eigenvalue weighted by molar-refractivity contribution is 0.378. The van der Waals surface area contributed by atoms with Gasteiger partial charge in [-0.05, 0) is 16.5 Å². The molecule has 5 heteroatoms. The highest BCUT2D eigenvalue weighted by Crippen LogP contribution is 2.49. The summed E-state index contributed by atoms with van der Waals surface area (Å²) in [5.74, 6) is 0.511. The highest BCUT2D eigenvalue weighted by atomic mass is 35.5. The van der Waals surface area contributed by atoms with Crippen molar-refractivity contribution in [3.8, 4) is 0 Å². The molecule has 2 aliphatic rings. The monoisotopic (exact) mass is 362 g/mol. The third-order valence-corrected chi connectivity index (χ3v) is 5.24. The summed E-state index contributed by atoms with van der Waals surface area (Å²) in [6.45, 7) is 0. The molecule has 2 nitrogen and oxygen atoms in total. The van der Waals surface area contributed by atoms with Crippen LogP contribution in [-0.4, -0.2) is 15.9 Å². The number of aliphatic imine (C=N–C) groups is 1. The largest absolute Gasteiger partial charge is 0.313 e. The molecule has 0 fully saturated rings. The highest BCUT2D eigenvalue weighted by Gasteiger charge is 2.42. The molecular formula is C18H16Cl2N2S. The van der Waals surface area contributed by atoms with Crippen molar-refractivity contribution in [2.24, 2.45) is 4.99 Å². The van der Waals surface area contributed by atoms with Crippen LogP contribution in [0.2, 0.25) is 0 Å². The molecule has 23 heavy (non-hydrogen) atoms. The van der Waals surface area contributed by atoms with Crippen LogP contribution in [0, 0.1) is 0 Å². The third-order valence-electron chi connectivity index (χ3n) is 4.06. The van der Waals surface area contributed by atoms with Crippen LogP contribution >= 0.6 is 35.8 Å². The van der Waals surface area contributed by atoms with Crippen molar-refractivity contribution in [3.05, 3.63) is 82.9 Å². The molecule has 2 aliphatic heterocycles. The SMILES string of the molecule is Cl.ClCC1=CSC2=NC(c3ccccc3)C(c3ccccc3)N12. The van der Waals surface area contributed by atoms with Crippen molar-refractivity contribution in [3.63, 3.8) is 0 Å². The van der Waals surface area contributed by atoms with E-state index in [0.717, 1.165) is 10.9 Å². The Labute approximate surface area is 151 Å². The number of nitrogens with zero attached hydrogens (tertiary/aromatic N) is 2. The van der Waals surface area contributed by atoms with E-state index in [1.807, 2.05) is 6.07 Å². The molecule has 0 saturated heterocycles. The second-order valence-corrected chi connectivity index (χ2v) is 6.46. The van der Waals surface area contributed by atoms with Crippen molar-refractivity contribution >= 4 is 40.9 Å². The first-order chi connectivity index (χ1) is 10.9. The van der Waals surface area contributed by atoms with Gasteiger partial charge >= 0.3 is 0 Å². The average molecular weight is 363 g/mol. The Hall–Kier alpha value is -1.42. The van der Waals surface area contributed by atoms with Gasteiger partial charge in [0.05, 0.1) is 11.9 Å². The van der Waals surface area contributed by atoms with Gasteiger partial charge in [-0.3, -0.25) is 4.99 Å². The first-order valence-electron chi connectivity index (χ1n) is 7.27. The Bertz CT molecular complexity index is 731. The van der Waals surface area contributed by atoms with Crippen LogP contribution in [0.4, 0.5) is 0 Å². The maximum Gasteiger partial charge on any atom is 0.169 e. The van der Waals surface area contributed by atoms with E-state index in [-0.39, 0.29) is 24.5 Å². The predicted molar refractivity (Wildman–Crippen MR) is 101 cm³/mol. The predicted octanol–water partition coefficient (Wildman–Crippen LogP) is 5.39. The Morgan fingerprint density at radius 2 is 1.57 bits per heavy atom. The highest BCUT2D eigenvalue weighted by molar-refractivity contribution is 8.16. The zero-order valence-electron chi connectivity index (χ0n) is 12.3. The van der Waals surface area contributed by atoms with Crippen LogP contribution in [-0.2, 0) is 0 Å². The molecule has 118 valence electrons. The first kappa shape index (κ1) is 16.4. The lowest BCUT2D eigenvalue weighted by atomic mass is 9.93. The first-order valence-corrected chi connectivity index (χ1v) is 8.68. The van der Waals surface area contributed by atoms with E-state index in [9.17, 15) is 0 Å². The third kappa shape index (κ3) is 2.89. The molecule has 2 heterocycles. The summed E-state index contributed by atoms with van der Waals surface area (Å²) in [6.07, 6.45) is 0. The number of amidine groups is 1. The molecule has 2 unspecified atom stereocenters. The van der Waals surface area contributed by atoms with Crippen LogP contribution in [0.3, 0.4) is 0 Å². The minimum absolute atomic E-state index is 0. The second kappa shape index (κ2) is 7.00. The normalized spacial score (nSPS) is 22.2. The molecule has 0 bridgehead atoms. The zero-order chi connectivity index (χ0) is 14.9. The molecule has 2 atom stereocenters. The maximum absolute atomic E-state index is 6.14. The number of allylic oxidation sites excluding steroid dienone is 1. The van der Waals surface area contributed by atoms with Crippen LogP contribution in [0.15, 0.2) is 76.8 Å². The lowest BCUT2D eigenvalue weighted by Gasteiger charge is -2.29. The molecule has 0 N–H and O–H groups in total. The molecule has 2 aromatic carbocycles. The molecular weight excluding hydrogens is 347 g/mol. The number of halogens is 2. The van der Waals surface area contributed by atoms with E-state index in [4.69, 9.17) is 16.6 Å². The van der Waals surface area contributed by atoms with E-state index in [1.165, 1.54) is 11.1 Å². The number of benzene rings is 2. The fourth-order valence-electron chi connectivity index (χ4n) is 3.06. The van der Waals surface area contributed by atoms with Crippen molar-refractivity contribution in [2.75, 3.05) is 5.88 Å². The van der Waals surface area contributed by atoms with Gasteiger partial charge in [0.1, 0.15) is 6.04 Å². The minimum atomic E-state index is 0. The van der Waals surface area contributed by atoms with Gasteiger partial charge in [-0.15, -0.1) is 24.0 Å². The molecule has 0 saturated carbocycles. The van der Waals surface area contributed by atoms with Crippen LogP contribution in [0.1, 0.15) is 23.2 Å². The molecule has 0 aromatic heterocycles. The molecule has 0 spiro atoms. The van der Waals surface area contributed by atoms with Crippen LogP contribution in [0.25, 0.3) is 0 Å². The van der Waals surface area contributed by atoms with Gasteiger partial charge in [0.25, 0.3) is 0 Å². The average Bonchev–Trinajstić information content (AvgIpc) is 3.15. The molecule has 2 aromatic rings. The van der Waals surface area contributed by atoms with E-state index in [1.54, 1.807) is 11.8 Å². The number of thioether (sulfide) groups is 1. The van der Waals surface area contributed by atoms with Gasteiger partial charge in [0.15, 0.2) is 5.17 Å². The van der Waals surface area contributed by atoms with Crippen molar-refractivity contribution in [1.82, 2.24) is 4.90 Å². The van der Waals surface area contributed by atoms with E-state index >= 15 is 0 Å². The van der Waals surface area contributed by atoms with Gasteiger partial charge in [-0.25, -0.2) is 0 Å². The van der Waals surface area contributed by atoms with Crippen LogP contribution < -0.4 is 0 Å². The smallest absolute Gasteiger partial charge is 0.169 e. The summed E-state index contributed by atoms with van der Waals surface area (Å²) in [6, 6.07) is 21.4. The topological polar surface area (TPSA) is 15.6 Å². The van der Waals surface area contributed by atoms with Crippen molar-refractivity contribution < 1.29 is 0 Å². The van der Waals surface area contributed by atoms with Gasteiger partial charge < -0.3 is 4.90 Å². The van der Waals surface area contributed by atoms with Gasteiger partial charge in [-0.2, -0.15) is 0 Å². The summed E-state index contributed by atoms with van der Waals surface area (Å²) in [5.41, 5.74) is 3.65. The standard InChI is InChI=1S/C18H15ClN2S.ClH/c19-11-15-12-22-18-20-16(13-7-3-1-4-8-13)17(21(15)18)14-9-5-2-6-10-14;/h1-10,12,16-17H,11H2;1H. The molecule has 0 aliphatic carbocycles. The summed E-state index contributed by atoms with van der Waals surface area (Å²) >= 11 is 7.81. The number of alkyl halides is 1. The summed E-state index contributed by atoms with van der Waals surface area (Å²) < 4.78 is 0. The van der Waals surface area contributed by atoms with Crippen molar-refractivity contribution in [1.29, 1.82) is 0 Å². The quantitative estimate of drug-likeness (QED) is 0.680. The summed E-state index contributed by atoms with van der Waals surface area (Å²) in [4.78, 5) is 7.27. The second-order valence-electron chi connectivity index (χ2n) is 5.35. The summed E-state index contributed by atoms with van der Waals surface area (Å²) in [7, 11) is 0. The Morgan fingerprint density at radius 3 is 2.17 bits per heavy atom. The number of rotatable bonds is 3.